The van der Waals surface area contributed by atoms with Gasteiger partial charge in [0.2, 0.25) is 9.97 Å². The van der Waals surface area contributed by atoms with Crippen LogP contribution in [0.15, 0.2) is 24.3 Å². The Kier molecular flexibility index (Phi) is 3.94. The Morgan fingerprint density at radius 1 is 1.30 bits per heavy atom. The van der Waals surface area contributed by atoms with Crippen LogP contribution in [-0.4, -0.2) is 25.7 Å². The lowest BCUT2D eigenvalue weighted by Gasteiger charge is -2.04. The Balaban J connectivity index is 1.79. The third-order valence-electron chi connectivity index (χ3n) is 2.84. The van der Waals surface area contributed by atoms with E-state index in [4.69, 9.17) is 11.6 Å². The third-order valence-corrected chi connectivity index (χ3v) is 4.10. The van der Waals surface area contributed by atoms with Gasteiger partial charge in [0.15, 0.2) is 0 Å². The SMILES string of the molecule is O=C(NCc1ccccc1Cl)c1nn2c(C(F)(F)F)nnc2s1. The second kappa shape index (κ2) is 5.78. The number of nitrogens with zero attached hydrogens (tertiary/aromatic N) is 4. The molecule has 0 atom stereocenters. The molecule has 2 heterocycles. The van der Waals surface area contributed by atoms with Gasteiger partial charge in [-0.3, -0.25) is 4.79 Å². The molecule has 1 aromatic carbocycles. The van der Waals surface area contributed by atoms with E-state index < -0.39 is 17.9 Å². The average molecular weight is 362 g/mol. The van der Waals surface area contributed by atoms with Crippen molar-refractivity contribution in [3.63, 3.8) is 0 Å². The van der Waals surface area contributed by atoms with Gasteiger partial charge < -0.3 is 5.32 Å². The lowest BCUT2D eigenvalue weighted by Crippen LogP contribution is -2.23. The van der Waals surface area contributed by atoms with Crippen molar-refractivity contribution in [2.75, 3.05) is 0 Å². The molecule has 0 fully saturated rings. The number of hydrogen-bond acceptors (Lipinski definition) is 5. The maximum absolute atomic E-state index is 12.7. The molecule has 0 unspecified atom stereocenters. The molecule has 120 valence electrons. The molecule has 0 bridgehead atoms. The van der Waals surface area contributed by atoms with E-state index in [1.807, 2.05) is 0 Å². The van der Waals surface area contributed by atoms with E-state index in [2.05, 4.69) is 20.6 Å². The smallest absolute Gasteiger partial charge is 0.346 e. The van der Waals surface area contributed by atoms with Crippen LogP contribution in [0.5, 0.6) is 0 Å². The number of alkyl halides is 3. The van der Waals surface area contributed by atoms with Gasteiger partial charge in [-0.2, -0.15) is 17.7 Å². The number of rotatable bonds is 3. The van der Waals surface area contributed by atoms with Gasteiger partial charge >= 0.3 is 6.18 Å². The van der Waals surface area contributed by atoms with E-state index in [0.29, 0.717) is 26.4 Å². The summed E-state index contributed by atoms with van der Waals surface area (Å²) in [7, 11) is 0. The van der Waals surface area contributed by atoms with Crippen molar-refractivity contribution in [1.29, 1.82) is 0 Å². The van der Waals surface area contributed by atoms with E-state index in [0.717, 1.165) is 0 Å². The molecule has 6 nitrogen and oxygen atoms in total. The number of nitrogens with one attached hydrogen (secondary N) is 1. The monoisotopic (exact) mass is 361 g/mol. The van der Waals surface area contributed by atoms with Gasteiger partial charge in [0.05, 0.1) is 0 Å². The average Bonchev–Trinajstić information content (AvgIpc) is 3.04. The van der Waals surface area contributed by atoms with Crippen LogP contribution in [0.25, 0.3) is 4.96 Å². The summed E-state index contributed by atoms with van der Waals surface area (Å²) in [5.41, 5.74) is 0.682. The molecule has 0 aliphatic rings. The highest BCUT2D eigenvalue weighted by molar-refractivity contribution is 7.18. The van der Waals surface area contributed by atoms with Crippen molar-refractivity contribution < 1.29 is 18.0 Å². The van der Waals surface area contributed by atoms with Gasteiger partial charge in [-0.1, -0.05) is 41.1 Å². The molecule has 0 saturated heterocycles. The van der Waals surface area contributed by atoms with E-state index >= 15 is 0 Å². The third kappa shape index (κ3) is 3.13. The van der Waals surface area contributed by atoms with Crippen molar-refractivity contribution in [2.24, 2.45) is 0 Å². The number of fused-ring (bicyclic) bond motifs is 1. The maximum atomic E-state index is 12.7. The number of carbonyl (C=O) groups excluding carboxylic acids is 1. The number of benzene rings is 1. The molecule has 0 saturated carbocycles. The maximum Gasteiger partial charge on any atom is 0.453 e. The fourth-order valence-electron chi connectivity index (χ4n) is 1.78. The molecule has 3 rings (SSSR count). The molecular weight excluding hydrogens is 355 g/mol. The van der Waals surface area contributed by atoms with E-state index in [1.54, 1.807) is 24.3 Å². The first-order valence-corrected chi connectivity index (χ1v) is 7.37. The van der Waals surface area contributed by atoms with Gasteiger partial charge in [-0.25, -0.2) is 0 Å². The van der Waals surface area contributed by atoms with Gasteiger partial charge in [0, 0.05) is 11.6 Å². The van der Waals surface area contributed by atoms with Crippen LogP contribution < -0.4 is 5.32 Å². The predicted octanol–water partition coefficient (Wildman–Crippen LogP) is 2.79. The van der Waals surface area contributed by atoms with Crippen LogP contribution in [0.3, 0.4) is 0 Å². The Hall–Kier alpha value is -2.20. The van der Waals surface area contributed by atoms with Crippen LogP contribution >= 0.6 is 22.9 Å². The molecule has 0 aliphatic carbocycles. The summed E-state index contributed by atoms with van der Waals surface area (Å²) in [4.78, 5) is 11.9. The lowest BCUT2D eigenvalue weighted by molar-refractivity contribution is -0.146. The van der Waals surface area contributed by atoms with E-state index in [9.17, 15) is 18.0 Å². The fourth-order valence-corrected chi connectivity index (χ4v) is 2.74. The van der Waals surface area contributed by atoms with E-state index in [1.165, 1.54) is 0 Å². The molecule has 1 N–H and O–H groups in total. The molecular formula is C12H7ClF3N5OS. The van der Waals surface area contributed by atoms with Crippen LogP contribution in [0.4, 0.5) is 13.2 Å². The van der Waals surface area contributed by atoms with Crippen molar-refractivity contribution in [1.82, 2.24) is 25.1 Å². The molecule has 23 heavy (non-hydrogen) atoms. The van der Waals surface area contributed by atoms with Gasteiger partial charge in [-0.05, 0) is 11.6 Å². The van der Waals surface area contributed by atoms with Crippen molar-refractivity contribution in [3.8, 4) is 0 Å². The minimum atomic E-state index is -4.70. The summed E-state index contributed by atoms with van der Waals surface area (Å²) in [6, 6.07) is 6.89. The van der Waals surface area contributed by atoms with Crippen molar-refractivity contribution >= 4 is 33.8 Å². The number of halogens is 4. The van der Waals surface area contributed by atoms with Crippen LogP contribution in [0, 0.1) is 0 Å². The molecule has 0 radical (unpaired) electrons. The zero-order chi connectivity index (χ0) is 16.6. The summed E-state index contributed by atoms with van der Waals surface area (Å²) >= 11 is 6.67. The largest absolute Gasteiger partial charge is 0.453 e. The van der Waals surface area contributed by atoms with Crippen molar-refractivity contribution in [2.45, 2.75) is 12.7 Å². The fraction of sp³-hybridized carbons (Fsp3) is 0.167. The number of carbonyl (C=O) groups is 1. The zero-order valence-electron chi connectivity index (χ0n) is 11.1. The highest BCUT2D eigenvalue weighted by Crippen LogP contribution is 2.28. The van der Waals surface area contributed by atoms with Crippen molar-refractivity contribution in [3.05, 3.63) is 45.7 Å². The zero-order valence-corrected chi connectivity index (χ0v) is 12.7. The van der Waals surface area contributed by atoms with Gasteiger partial charge in [-0.15, -0.1) is 15.3 Å². The first-order chi connectivity index (χ1) is 10.9. The quantitative estimate of drug-likeness (QED) is 0.778. The first kappa shape index (κ1) is 15.7. The summed E-state index contributed by atoms with van der Waals surface area (Å²) in [5, 5.41) is 12.9. The molecule has 0 spiro atoms. The predicted molar refractivity (Wildman–Crippen MR) is 76.3 cm³/mol. The highest BCUT2D eigenvalue weighted by Gasteiger charge is 2.38. The topological polar surface area (TPSA) is 72.2 Å². The van der Waals surface area contributed by atoms with Crippen LogP contribution in [0.1, 0.15) is 21.2 Å². The number of aromatic nitrogens is 4. The Morgan fingerprint density at radius 2 is 2.04 bits per heavy atom. The summed E-state index contributed by atoms with van der Waals surface area (Å²) < 4.78 is 38.6. The van der Waals surface area contributed by atoms with E-state index in [-0.39, 0.29) is 16.5 Å². The molecule has 2 aromatic heterocycles. The number of amides is 1. The molecule has 0 aliphatic heterocycles. The Bertz CT molecular complexity index is 875. The van der Waals surface area contributed by atoms with Crippen LogP contribution in [-0.2, 0) is 12.7 Å². The summed E-state index contributed by atoms with van der Waals surface area (Å²) in [6.07, 6.45) is -4.70. The summed E-state index contributed by atoms with van der Waals surface area (Å²) in [5.74, 6) is -1.89. The van der Waals surface area contributed by atoms with Gasteiger partial charge in [0.25, 0.3) is 11.7 Å². The Labute approximate surface area is 135 Å². The standard InChI is InChI=1S/C12H7ClF3N5OS/c13-7-4-2-1-3-6(7)5-17-8(22)9-20-21-10(12(14,15)16)18-19-11(21)23-9/h1-4H,5H2,(H,17,22). The lowest BCUT2D eigenvalue weighted by atomic mass is 10.2. The Morgan fingerprint density at radius 3 is 2.74 bits per heavy atom. The molecule has 1 amide bonds. The number of hydrogen-bond donors (Lipinski definition) is 1. The molecule has 3 aromatic rings. The minimum Gasteiger partial charge on any atom is -0.346 e. The molecule has 11 heteroatoms. The van der Waals surface area contributed by atoms with Gasteiger partial charge in [0.1, 0.15) is 0 Å². The first-order valence-electron chi connectivity index (χ1n) is 6.17. The second-order valence-corrected chi connectivity index (χ2v) is 5.76. The minimum absolute atomic E-state index is 0.111. The summed E-state index contributed by atoms with van der Waals surface area (Å²) in [6.45, 7) is 0.130. The highest BCUT2D eigenvalue weighted by atomic mass is 35.5. The van der Waals surface area contributed by atoms with Crippen LogP contribution in [0.2, 0.25) is 5.02 Å². The second-order valence-electron chi connectivity index (χ2n) is 4.40. The normalized spacial score (nSPS) is 11.8.